The molecule has 7 heteroatoms. The molecule has 1 heterocycles. The maximum Gasteiger partial charge on any atom is 0.242 e. The molecule has 3 N–H and O–H groups in total. The third-order valence-corrected chi connectivity index (χ3v) is 5.14. The van der Waals surface area contributed by atoms with Gasteiger partial charge in [0.25, 0.3) is 0 Å². The van der Waals surface area contributed by atoms with Gasteiger partial charge >= 0.3 is 0 Å². The lowest BCUT2D eigenvalue weighted by Gasteiger charge is -2.20. The molecule has 0 aliphatic carbocycles. The molecule has 0 fully saturated rings. The normalized spacial score (nSPS) is 12.5. The van der Waals surface area contributed by atoms with Crippen molar-refractivity contribution in [3.05, 3.63) is 18.0 Å². The van der Waals surface area contributed by atoms with Crippen molar-refractivity contribution in [3.8, 4) is 0 Å². The highest BCUT2D eigenvalue weighted by molar-refractivity contribution is 7.89. The average molecular weight is 316 g/mol. The second kappa shape index (κ2) is 7.93. The van der Waals surface area contributed by atoms with Gasteiger partial charge in [-0.2, -0.15) is 0 Å². The third kappa shape index (κ3) is 5.43. The fourth-order valence-corrected chi connectivity index (χ4v) is 3.13. The predicted octanol–water partition coefficient (Wildman–Crippen LogP) is 0.883. The monoisotopic (exact) mass is 316 g/mol. The van der Waals surface area contributed by atoms with Gasteiger partial charge in [0.05, 0.1) is 4.90 Å². The van der Waals surface area contributed by atoms with E-state index in [4.69, 9.17) is 5.73 Å². The molecular weight excluding hydrogens is 288 g/mol. The Balaban J connectivity index is 2.43. The summed E-state index contributed by atoms with van der Waals surface area (Å²) in [5, 5.41) is 0. The van der Waals surface area contributed by atoms with E-state index in [0.29, 0.717) is 19.1 Å². The standard InChI is InChI=1S/C14H28N4O2S/c1-12(2)17(3)8-6-5-7-16-21(19,20)14-9-13(10-15)18(4)11-14/h9,11-12,16H,5-8,10,15H2,1-4H3. The summed E-state index contributed by atoms with van der Waals surface area (Å²) < 4.78 is 28.7. The quantitative estimate of drug-likeness (QED) is 0.663. The number of hydrogen-bond donors (Lipinski definition) is 2. The van der Waals surface area contributed by atoms with Crippen LogP contribution in [0.5, 0.6) is 0 Å². The van der Waals surface area contributed by atoms with Crippen molar-refractivity contribution in [1.29, 1.82) is 0 Å². The van der Waals surface area contributed by atoms with Crippen LogP contribution in [0.3, 0.4) is 0 Å². The maximum absolute atomic E-state index is 12.1. The molecular formula is C14H28N4O2S. The van der Waals surface area contributed by atoms with E-state index in [1.165, 1.54) is 0 Å². The van der Waals surface area contributed by atoms with Gasteiger partial charge in [-0.1, -0.05) is 0 Å². The molecule has 0 radical (unpaired) electrons. The van der Waals surface area contributed by atoms with Crippen LogP contribution in [0.1, 0.15) is 32.4 Å². The fourth-order valence-electron chi connectivity index (χ4n) is 1.96. The summed E-state index contributed by atoms with van der Waals surface area (Å²) in [5.74, 6) is 0. The first-order chi connectivity index (χ1) is 9.77. The summed E-state index contributed by atoms with van der Waals surface area (Å²) in [6.07, 6.45) is 3.39. The second-order valence-corrected chi connectivity index (χ2v) is 7.43. The molecule has 0 bridgehead atoms. The number of nitrogens with one attached hydrogen (secondary N) is 1. The molecule has 0 aromatic carbocycles. The molecule has 0 atom stereocenters. The van der Waals surface area contributed by atoms with Crippen molar-refractivity contribution in [2.45, 2.75) is 44.2 Å². The number of hydrogen-bond acceptors (Lipinski definition) is 4. The molecule has 1 aromatic rings. The zero-order chi connectivity index (χ0) is 16.0. The van der Waals surface area contributed by atoms with E-state index in [0.717, 1.165) is 25.1 Å². The van der Waals surface area contributed by atoms with E-state index in [-0.39, 0.29) is 4.90 Å². The van der Waals surface area contributed by atoms with Gasteiger partial charge in [0.15, 0.2) is 0 Å². The Kier molecular flexibility index (Phi) is 6.86. The zero-order valence-electron chi connectivity index (χ0n) is 13.5. The van der Waals surface area contributed by atoms with E-state index in [9.17, 15) is 8.42 Å². The fraction of sp³-hybridized carbons (Fsp3) is 0.714. The molecule has 1 rings (SSSR count). The predicted molar refractivity (Wildman–Crippen MR) is 85.5 cm³/mol. The van der Waals surface area contributed by atoms with Crippen molar-refractivity contribution in [3.63, 3.8) is 0 Å². The Labute approximate surface area is 128 Å². The van der Waals surface area contributed by atoms with Gasteiger partial charge in [-0.15, -0.1) is 0 Å². The lowest BCUT2D eigenvalue weighted by molar-refractivity contribution is 0.268. The van der Waals surface area contributed by atoms with Crippen LogP contribution in [0.2, 0.25) is 0 Å². The summed E-state index contributed by atoms with van der Waals surface area (Å²) in [6.45, 7) is 6.05. The smallest absolute Gasteiger partial charge is 0.242 e. The van der Waals surface area contributed by atoms with Crippen LogP contribution >= 0.6 is 0 Å². The summed E-state index contributed by atoms with van der Waals surface area (Å²) >= 11 is 0. The van der Waals surface area contributed by atoms with Crippen LogP contribution < -0.4 is 10.5 Å². The first-order valence-corrected chi connectivity index (χ1v) is 8.81. The van der Waals surface area contributed by atoms with Crippen LogP contribution in [-0.2, 0) is 23.6 Å². The van der Waals surface area contributed by atoms with Crippen LogP contribution in [0.25, 0.3) is 0 Å². The Hall–Kier alpha value is -0.890. The van der Waals surface area contributed by atoms with Gasteiger partial charge in [-0.3, -0.25) is 0 Å². The van der Waals surface area contributed by atoms with Crippen molar-refractivity contribution in [2.24, 2.45) is 12.8 Å². The van der Waals surface area contributed by atoms with Gasteiger partial charge in [0, 0.05) is 38.1 Å². The maximum atomic E-state index is 12.1. The molecule has 0 spiro atoms. The number of sulfonamides is 1. The Morgan fingerprint density at radius 2 is 2.05 bits per heavy atom. The largest absolute Gasteiger partial charge is 0.352 e. The molecule has 0 saturated carbocycles. The van der Waals surface area contributed by atoms with Crippen molar-refractivity contribution >= 4 is 10.0 Å². The second-order valence-electron chi connectivity index (χ2n) is 5.66. The SMILES string of the molecule is CC(C)N(C)CCCCNS(=O)(=O)c1cc(CN)n(C)c1. The first kappa shape index (κ1) is 18.2. The summed E-state index contributed by atoms with van der Waals surface area (Å²) in [5.41, 5.74) is 6.36. The van der Waals surface area contributed by atoms with E-state index in [1.54, 1.807) is 23.9 Å². The minimum atomic E-state index is -3.43. The highest BCUT2D eigenvalue weighted by Gasteiger charge is 2.16. The van der Waals surface area contributed by atoms with E-state index in [2.05, 4.69) is 30.5 Å². The first-order valence-electron chi connectivity index (χ1n) is 7.33. The number of nitrogens with zero attached hydrogens (tertiary/aromatic N) is 2. The van der Waals surface area contributed by atoms with Crippen LogP contribution in [0, 0.1) is 0 Å². The van der Waals surface area contributed by atoms with Crippen LogP contribution in [-0.4, -0.2) is 44.1 Å². The number of aromatic nitrogens is 1. The Morgan fingerprint density at radius 3 is 2.57 bits per heavy atom. The molecule has 21 heavy (non-hydrogen) atoms. The minimum absolute atomic E-state index is 0.282. The van der Waals surface area contributed by atoms with E-state index in [1.807, 2.05) is 0 Å². The molecule has 122 valence electrons. The lowest BCUT2D eigenvalue weighted by Crippen LogP contribution is -2.29. The lowest BCUT2D eigenvalue weighted by atomic mass is 10.2. The molecule has 0 unspecified atom stereocenters. The van der Waals surface area contributed by atoms with Gasteiger partial charge in [0.2, 0.25) is 10.0 Å². The Morgan fingerprint density at radius 1 is 1.38 bits per heavy atom. The number of rotatable bonds is 9. The molecule has 0 aliphatic rings. The molecule has 0 aliphatic heterocycles. The zero-order valence-corrected chi connectivity index (χ0v) is 14.3. The van der Waals surface area contributed by atoms with Gasteiger partial charge < -0.3 is 15.2 Å². The van der Waals surface area contributed by atoms with Crippen molar-refractivity contribution in [2.75, 3.05) is 20.1 Å². The Bertz CT molecular complexity index is 537. The van der Waals surface area contributed by atoms with Crippen LogP contribution in [0.15, 0.2) is 17.2 Å². The number of unbranched alkanes of at least 4 members (excludes halogenated alkanes) is 1. The number of nitrogens with two attached hydrogens (primary N) is 1. The number of aryl methyl sites for hydroxylation is 1. The van der Waals surface area contributed by atoms with E-state index < -0.39 is 10.0 Å². The summed E-state index contributed by atoms with van der Waals surface area (Å²) in [4.78, 5) is 2.53. The summed E-state index contributed by atoms with van der Waals surface area (Å²) in [7, 11) is 0.442. The molecule has 1 aromatic heterocycles. The molecule has 0 saturated heterocycles. The van der Waals surface area contributed by atoms with E-state index >= 15 is 0 Å². The highest BCUT2D eigenvalue weighted by Crippen LogP contribution is 2.12. The van der Waals surface area contributed by atoms with Gasteiger partial charge in [0.1, 0.15) is 0 Å². The van der Waals surface area contributed by atoms with Crippen molar-refractivity contribution in [1.82, 2.24) is 14.2 Å². The summed E-state index contributed by atoms with van der Waals surface area (Å²) in [6, 6.07) is 2.13. The highest BCUT2D eigenvalue weighted by atomic mass is 32.2. The molecule has 6 nitrogen and oxygen atoms in total. The topological polar surface area (TPSA) is 80.4 Å². The minimum Gasteiger partial charge on any atom is -0.352 e. The van der Waals surface area contributed by atoms with Crippen LogP contribution in [0.4, 0.5) is 0 Å². The van der Waals surface area contributed by atoms with Gasteiger partial charge in [-0.25, -0.2) is 13.1 Å². The molecule has 0 amide bonds. The average Bonchev–Trinajstić information content (AvgIpc) is 2.80. The van der Waals surface area contributed by atoms with Crippen molar-refractivity contribution < 1.29 is 8.42 Å². The van der Waals surface area contributed by atoms with Gasteiger partial charge in [-0.05, 0) is 46.3 Å². The third-order valence-electron chi connectivity index (χ3n) is 3.71.